The largest absolute Gasteiger partial charge is 0.497 e. The highest BCUT2D eigenvalue weighted by atomic mass is 35.5. The zero-order chi connectivity index (χ0) is 31.3. The molecule has 1 amide bonds. The highest BCUT2D eigenvalue weighted by molar-refractivity contribution is 7.92. The Morgan fingerprint density at radius 3 is 2.49 bits per heavy atom. The van der Waals surface area contributed by atoms with Crippen LogP contribution in [0.15, 0.2) is 65.6 Å². The molecule has 0 radical (unpaired) electrons. The fourth-order valence-electron chi connectivity index (χ4n) is 5.00. The molecule has 0 fully saturated rings. The lowest BCUT2D eigenvalue weighted by Crippen LogP contribution is -2.47. The molecule has 1 aliphatic rings. The summed E-state index contributed by atoms with van der Waals surface area (Å²) >= 11 is 12.3. The van der Waals surface area contributed by atoms with Gasteiger partial charge >= 0.3 is 0 Å². The lowest BCUT2D eigenvalue weighted by atomic mass is 10.0. The minimum atomic E-state index is -3.90. The maximum Gasteiger partial charge on any atom is 0.261 e. The number of likely N-dealkylation sites (N-methyl/N-ethyl adjacent to an activating group) is 1. The predicted molar refractivity (Wildman–Crippen MR) is 169 cm³/mol. The van der Waals surface area contributed by atoms with Crippen molar-refractivity contribution < 1.29 is 27.8 Å². The molecule has 232 valence electrons. The summed E-state index contributed by atoms with van der Waals surface area (Å²) in [6.45, 7) is 5.15. The summed E-state index contributed by atoms with van der Waals surface area (Å²) < 4.78 is 40.5. The van der Waals surface area contributed by atoms with Crippen molar-refractivity contribution in [1.82, 2.24) is 9.80 Å². The van der Waals surface area contributed by atoms with E-state index >= 15 is 0 Å². The Kier molecular flexibility index (Phi) is 10.8. The fraction of sp³-hybridized carbons (Fsp3) is 0.387. The first-order valence-corrected chi connectivity index (χ1v) is 16.1. The molecule has 0 saturated heterocycles. The van der Waals surface area contributed by atoms with Gasteiger partial charge in [0.05, 0.1) is 41.1 Å². The molecule has 3 atom stereocenters. The van der Waals surface area contributed by atoms with Crippen LogP contribution < -0.4 is 14.2 Å². The molecule has 0 aromatic heterocycles. The van der Waals surface area contributed by atoms with Gasteiger partial charge in [-0.3, -0.25) is 14.4 Å². The first-order valence-electron chi connectivity index (χ1n) is 13.9. The molecule has 43 heavy (non-hydrogen) atoms. The number of rotatable bonds is 10. The van der Waals surface area contributed by atoms with E-state index in [2.05, 4.69) is 9.62 Å². The Labute approximate surface area is 263 Å². The zero-order valence-corrected chi connectivity index (χ0v) is 26.9. The van der Waals surface area contributed by atoms with Crippen molar-refractivity contribution in [3.05, 3.63) is 81.8 Å². The first kappa shape index (κ1) is 32.9. The van der Waals surface area contributed by atoms with E-state index in [0.29, 0.717) is 52.4 Å². The maximum atomic E-state index is 13.5. The number of hydrogen-bond donors (Lipinski definition) is 2. The van der Waals surface area contributed by atoms with E-state index in [1.807, 2.05) is 26.1 Å². The van der Waals surface area contributed by atoms with Crippen LogP contribution in [0.5, 0.6) is 11.5 Å². The van der Waals surface area contributed by atoms with Crippen LogP contribution >= 0.6 is 23.2 Å². The van der Waals surface area contributed by atoms with Gasteiger partial charge in [-0.15, -0.1) is 0 Å². The van der Waals surface area contributed by atoms with Gasteiger partial charge in [-0.1, -0.05) is 36.2 Å². The number of amides is 1. The van der Waals surface area contributed by atoms with Crippen LogP contribution in [0.4, 0.5) is 5.69 Å². The van der Waals surface area contributed by atoms with Crippen molar-refractivity contribution in [2.75, 3.05) is 38.6 Å². The van der Waals surface area contributed by atoms with Gasteiger partial charge in [0.2, 0.25) is 5.91 Å². The summed E-state index contributed by atoms with van der Waals surface area (Å²) in [7, 11) is -0.419. The second-order valence-electron chi connectivity index (χ2n) is 10.9. The summed E-state index contributed by atoms with van der Waals surface area (Å²) in [5.74, 6) is 0.769. The number of benzene rings is 3. The van der Waals surface area contributed by atoms with Crippen molar-refractivity contribution in [2.24, 2.45) is 5.92 Å². The molecule has 12 heteroatoms. The van der Waals surface area contributed by atoms with Gasteiger partial charge in [0.1, 0.15) is 17.6 Å². The van der Waals surface area contributed by atoms with Crippen molar-refractivity contribution in [3.63, 3.8) is 0 Å². The number of carbonyl (C=O) groups excluding carboxylic acids is 1. The zero-order valence-electron chi connectivity index (χ0n) is 24.6. The number of aliphatic hydroxyl groups is 1. The normalized spacial score (nSPS) is 18.2. The molecule has 0 saturated carbocycles. The summed E-state index contributed by atoms with van der Waals surface area (Å²) in [4.78, 5) is 17.4. The second-order valence-corrected chi connectivity index (χ2v) is 13.4. The minimum Gasteiger partial charge on any atom is -0.497 e. The summed E-state index contributed by atoms with van der Waals surface area (Å²) in [6.07, 6.45) is -0.344. The quantitative estimate of drug-likeness (QED) is 0.315. The molecule has 0 bridgehead atoms. The monoisotopic (exact) mass is 649 g/mol. The van der Waals surface area contributed by atoms with Gasteiger partial charge < -0.3 is 19.5 Å². The highest BCUT2D eigenvalue weighted by Crippen LogP contribution is 2.31. The maximum absolute atomic E-state index is 13.5. The van der Waals surface area contributed by atoms with E-state index in [0.717, 1.165) is 5.56 Å². The van der Waals surface area contributed by atoms with Crippen molar-refractivity contribution in [2.45, 2.75) is 43.9 Å². The number of hydrogen-bond acceptors (Lipinski definition) is 7. The third kappa shape index (κ3) is 8.33. The van der Waals surface area contributed by atoms with E-state index in [-0.39, 0.29) is 35.9 Å². The van der Waals surface area contributed by atoms with E-state index in [9.17, 15) is 18.3 Å². The molecule has 1 aliphatic heterocycles. The van der Waals surface area contributed by atoms with E-state index in [1.54, 1.807) is 48.2 Å². The van der Waals surface area contributed by atoms with Crippen LogP contribution in [0.1, 0.15) is 25.0 Å². The Balaban J connectivity index is 1.62. The SMILES string of the molecule is COc1ccc(S(=O)(=O)Nc2ccc3c(c2)CC(=O)N([C@@H](C)CO)C[C@H](C)[C@H](CN(C)Cc2ccc(Cl)c(Cl)c2)O3)cc1. The van der Waals surface area contributed by atoms with Crippen LogP contribution in [0.3, 0.4) is 0 Å². The number of halogens is 2. The number of anilines is 1. The predicted octanol–water partition coefficient (Wildman–Crippen LogP) is 5.08. The Bertz CT molecular complexity index is 1540. The van der Waals surface area contributed by atoms with Crippen LogP contribution in [0.25, 0.3) is 0 Å². The van der Waals surface area contributed by atoms with Gasteiger partial charge in [0.25, 0.3) is 10.0 Å². The number of sulfonamides is 1. The van der Waals surface area contributed by atoms with Crippen LogP contribution in [0, 0.1) is 5.92 Å². The van der Waals surface area contributed by atoms with Gasteiger partial charge in [-0.05, 0) is 74.1 Å². The number of carbonyl (C=O) groups is 1. The molecular weight excluding hydrogens is 613 g/mol. The van der Waals surface area contributed by atoms with Gasteiger partial charge in [-0.2, -0.15) is 0 Å². The van der Waals surface area contributed by atoms with Crippen LogP contribution in [-0.4, -0.2) is 75.2 Å². The molecule has 4 rings (SSSR count). The number of fused-ring (bicyclic) bond motifs is 1. The molecule has 9 nitrogen and oxygen atoms in total. The molecular formula is C31H37Cl2N3O6S. The van der Waals surface area contributed by atoms with E-state index < -0.39 is 16.1 Å². The summed E-state index contributed by atoms with van der Waals surface area (Å²) in [5, 5.41) is 10.9. The van der Waals surface area contributed by atoms with Crippen molar-refractivity contribution in [3.8, 4) is 11.5 Å². The number of aliphatic hydroxyl groups excluding tert-OH is 1. The average Bonchev–Trinajstić information content (AvgIpc) is 3.01. The van der Waals surface area contributed by atoms with Gasteiger partial charge in [-0.25, -0.2) is 8.42 Å². The second kappa shape index (κ2) is 14.2. The molecule has 0 unspecified atom stereocenters. The number of ether oxygens (including phenoxy) is 2. The van der Waals surface area contributed by atoms with Crippen molar-refractivity contribution >= 4 is 44.8 Å². The molecule has 1 heterocycles. The first-order chi connectivity index (χ1) is 20.4. The fourth-order valence-corrected chi connectivity index (χ4v) is 6.37. The number of nitrogens with zero attached hydrogens (tertiary/aromatic N) is 2. The van der Waals surface area contributed by atoms with E-state index in [1.165, 1.54) is 19.2 Å². The molecule has 0 aliphatic carbocycles. The minimum absolute atomic E-state index is 0.0175. The molecule has 0 spiro atoms. The smallest absolute Gasteiger partial charge is 0.261 e. The van der Waals surface area contributed by atoms with Crippen molar-refractivity contribution in [1.29, 1.82) is 0 Å². The average molecular weight is 651 g/mol. The Hall–Kier alpha value is -3.02. The standard InChI is InChI=1S/C31H37Cl2N3O6S/c1-20-16-36(21(2)19-37)31(38)15-23-14-24(34-43(39,40)26-9-7-25(41-4)8-10-26)6-12-29(23)42-30(20)18-35(3)17-22-5-11-27(32)28(33)13-22/h5-14,20-21,30,34,37H,15-19H2,1-4H3/t20-,21-,30-/m0/s1. The van der Waals surface area contributed by atoms with Gasteiger partial charge in [0, 0.05) is 36.8 Å². The lowest BCUT2D eigenvalue weighted by Gasteiger charge is -2.34. The highest BCUT2D eigenvalue weighted by Gasteiger charge is 2.31. The van der Waals surface area contributed by atoms with Crippen LogP contribution in [0.2, 0.25) is 10.0 Å². The molecule has 3 aromatic rings. The van der Waals surface area contributed by atoms with Crippen LogP contribution in [-0.2, 0) is 27.8 Å². The third-order valence-electron chi connectivity index (χ3n) is 7.47. The summed E-state index contributed by atoms with van der Waals surface area (Å²) in [6, 6.07) is 16.1. The molecule has 2 N–H and O–H groups in total. The third-order valence-corrected chi connectivity index (χ3v) is 9.60. The summed E-state index contributed by atoms with van der Waals surface area (Å²) in [5.41, 5.74) is 1.84. The molecule has 3 aromatic carbocycles. The Morgan fingerprint density at radius 2 is 1.84 bits per heavy atom. The lowest BCUT2D eigenvalue weighted by molar-refractivity contribution is -0.134. The van der Waals surface area contributed by atoms with E-state index in [4.69, 9.17) is 32.7 Å². The topological polar surface area (TPSA) is 108 Å². The number of nitrogens with one attached hydrogen (secondary N) is 1. The Morgan fingerprint density at radius 1 is 1.12 bits per heavy atom. The van der Waals surface area contributed by atoms with Gasteiger partial charge in [0.15, 0.2) is 0 Å². The number of methoxy groups -OCH3 is 1.